The van der Waals surface area contributed by atoms with Crippen LogP contribution in [-0.4, -0.2) is 23.8 Å². The highest BCUT2D eigenvalue weighted by atomic mass is 16.6. The van der Waals surface area contributed by atoms with Gasteiger partial charge < -0.3 is 9.84 Å². The molecule has 1 N–H and O–H groups in total. The zero-order valence-electron chi connectivity index (χ0n) is 11.0. The van der Waals surface area contributed by atoms with Crippen molar-refractivity contribution in [1.29, 1.82) is 0 Å². The SMILES string of the molecule is C=C(C(=O)O)C(CC1CO1)C(C)=Cc1ccccc1. The first kappa shape index (κ1) is 13.6. The number of hydrogen-bond donors (Lipinski definition) is 1. The van der Waals surface area contributed by atoms with E-state index in [1.54, 1.807) is 0 Å². The van der Waals surface area contributed by atoms with Crippen molar-refractivity contribution >= 4 is 12.0 Å². The zero-order valence-corrected chi connectivity index (χ0v) is 11.0. The monoisotopic (exact) mass is 258 g/mol. The number of carboxylic acid groups (broad SMARTS) is 1. The maximum absolute atomic E-state index is 11.1. The molecule has 0 saturated carbocycles. The Hall–Kier alpha value is -1.87. The standard InChI is InChI=1S/C16H18O3/c1-11(8-13-6-4-3-5-7-13)15(9-14-10-19-14)12(2)16(17)18/h3-8,14-15H,2,9-10H2,1H3,(H,17,18). The van der Waals surface area contributed by atoms with E-state index in [1.807, 2.05) is 43.3 Å². The molecule has 1 saturated heterocycles. The van der Waals surface area contributed by atoms with Gasteiger partial charge >= 0.3 is 5.97 Å². The third-order valence-electron chi connectivity index (χ3n) is 3.34. The first-order valence-corrected chi connectivity index (χ1v) is 6.35. The van der Waals surface area contributed by atoms with E-state index in [-0.39, 0.29) is 17.6 Å². The fourth-order valence-corrected chi connectivity index (χ4v) is 2.13. The molecule has 0 spiro atoms. The average Bonchev–Trinajstić information content (AvgIpc) is 3.20. The Morgan fingerprint density at radius 1 is 1.53 bits per heavy atom. The van der Waals surface area contributed by atoms with Gasteiger partial charge in [0.2, 0.25) is 0 Å². The summed E-state index contributed by atoms with van der Waals surface area (Å²) in [6, 6.07) is 9.88. The van der Waals surface area contributed by atoms with Gasteiger partial charge in [-0.15, -0.1) is 0 Å². The molecule has 1 fully saturated rings. The van der Waals surface area contributed by atoms with Crippen molar-refractivity contribution in [3.05, 3.63) is 53.6 Å². The molecule has 100 valence electrons. The molecule has 19 heavy (non-hydrogen) atoms. The summed E-state index contributed by atoms with van der Waals surface area (Å²) < 4.78 is 5.21. The molecule has 0 aliphatic carbocycles. The molecule has 1 aromatic rings. The van der Waals surface area contributed by atoms with Crippen molar-refractivity contribution < 1.29 is 14.6 Å². The third kappa shape index (κ3) is 3.80. The number of rotatable bonds is 6. The summed E-state index contributed by atoms with van der Waals surface area (Å²) in [6.07, 6.45) is 2.89. The molecule has 2 rings (SSSR count). The maximum atomic E-state index is 11.1. The van der Waals surface area contributed by atoms with E-state index in [4.69, 9.17) is 9.84 Å². The Balaban J connectivity index is 2.19. The van der Waals surface area contributed by atoms with Crippen LogP contribution in [0.25, 0.3) is 6.08 Å². The number of carboxylic acids is 1. The van der Waals surface area contributed by atoms with Crippen molar-refractivity contribution in [2.45, 2.75) is 19.4 Å². The molecule has 3 heteroatoms. The van der Waals surface area contributed by atoms with Gasteiger partial charge in [-0.3, -0.25) is 0 Å². The second-order valence-corrected chi connectivity index (χ2v) is 4.87. The van der Waals surface area contributed by atoms with E-state index >= 15 is 0 Å². The molecular formula is C16H18O3. The molecule has 1 heterocycles. The lowest BCUT2D eigenvalue weighted by Gasteiger charge is -2.17. The van der Waals surface area contributed by atoms with E-state index in [2.05, 4.69) is 6.58 Å². The predicted molar refractivity (Wildman–Crippen MR) is 74.7 cm³/mol. The summed E-state index contributed by atoms with van der Waals surface area (Å²) in [5.74, 6) is -1.10. The normalized spacial score (nSPS) is 19.8. The van der Waals surface area contributed by atoms with E-state index in [1.165, 1.54) is 0 Å². The Labute approximate surface area is 113 Å². The van der Waals surface area contributed by atoms with Crippen molar-refractivity contribution in [1.82, 2.24) is 0 Å². The van der Waals surface area contributed by atoms with Gasteiger partial charge in [-0.05, 0) is 18.9 Å². The minimum absolute atomic E-state index is 0.162. The number of ether oxygens (including phenoxy) is 1. The first-order chi connectivity index (χ1) is 9.08. The van der Waals surface area contributed by atoms with Crippen LogP contribution in [0, 0.1) is 5.92 Å². The summed E-state index contributed by atoms with van der Waals surface area (Å²) in [5, 5.41) is 9.13. The summed E-state index contributed by atoms with van der Waals surface area (Å²) in [7, 11) is 0. The fraction of sp³-hybridized carbons (Fsp3) is 0.312. The van der Waals surface area contributed by atoms with Gasteiger partial charge in [0.25, 0.3) is 0 Å². The largest absolute Gasteiger partial charge is 0.478 e. The molecule has 0 bridgehead atoms. The van der Waals surface area contributed by atoms with E-state index in [9.17, 15) is 4.79 Å². The molecule has 0 aromatic heterocycles. The van der Waals surface area contributed by atoms with Gasteiger partial charge in [0.05, 0.1) is 12.7 Å². The van der Waals surface area contributed by atoms with Crippen LogP contribution in [0.15, 0.2) is 48.1 Å². The van der Waals surface area contributed by atoms with Crippen molar-refractivity contribution in [2.24, 2.45) is 5.92 Å². The smallest absolute Gasteiger partial charge is 0.331 e. The van der Waals surface area contributed by atoms with Gasteiger partial charge in [-0.2, -0.15) is 0 Å². The zero-order chi connectivity index (χ0) is 13.8. The Kier molecular flexibility index (Phi) is 4.17. The molecular weight excluding hydrogens is 240 g/mol. The van der Waals surface area contributed by atoms with Gasteiger partial charge in [0, 0.05) is 11.5 Å². The van der Waals surface area contributed by atoms with Crippen LogP contribution in [0.2, 0.25) is 0 Å². The highest BCUT2D eigenvalue weighted by Gasteiger charge is 2.30. The van der Waals surface area contributed by atoms with Crippen LogP contribution < -0.4 is 0 Å². The minimum Gasteiger partial charge on any atom is -0.478 e. The van der Waals surface area contributed by atoms with Crippen LogP contribution in [-0.2, 0) is 9.53 Å². The Morgan fingerprint density at radius 2 is 2.16 bits per heavy atom. The maximum Gasteiger partial charge on any atom is 0.331 e. The molecule has 0 amide bonds. The lowest BCUT2D eigenvalue weighted by Crippen LogP contribution is -2.15. The quantitative estimate of drug-likeness (QED) is 0.630. The number of aliphatic carboxylic acids is 1. The number of allylic oxidation sites excluding steroid dienone is 1. The van der Waals surface area contributed by atoms with E-state index < -0.39 is 5.97 Å². The van der Waals surface area contributed by atoms with Crippen molar-refractivity contribution in [3.63, 3.8) is 0 Å². The van der Waals surface area contributed by atoms with Crippen LogP contribution >= 0.6 is 0 Å². The summed E-state index contributed by atoms with van der Waals surface area (Å²) in [6.45, 7) is 6.38. The van der Waals surface area contributed by atoms with Gasteiger partial charge in [0.15, 0.2) is 0 Å². The highest BCUT2D eigenvalue weighted by Crippen LogP contribution is 2.30. The number of benzene rings is 1. The minimum atomic E-state index is -0.938. The molecule has 1 aliphatic rings. The van der Waals surface area contributed by atoms with Crippen LogP contribution in [0.3, 0.4) is 0 Å². The second kappa shape index (κ2) is 5.85. The van der Waals surface area contributed by atoms with E-state index in [0.29, 0.717) is 6.42 Å². The lowest BCUT2D eigenvalue weighted by molar-refractivity contribution is -0.133. The van der Waals surface area contributed by atoms with Crippen LogP contribution in [0.5, 0.6) is 0 Å². The summed E-state index contributed by atoms with van der Waals surface area (Å²) in [5.41, 5.74) is 2.31. The molecule has 2 unspecified atom stereocenters. The average molecular weight is 258 g/mol. The van der Waals surface area contributed by atoms with Crippen LogP contribution in [0.4, 0.5) is 0 Å². The highest BCUT2D eigenvalue weighted by molar-refractivity contribution is 5.87. The number of hydrogen-bond acceptors (Lipinski definition) is 2. The van der Waals surface area contributed by atoms with Gasteiger partial charge in [-0.25, -0.2) is 4.79 Å². The van der Waals surface area contributed by atoms with Gasteiger partial charge in [-0.1, -0.05) is 48.6 Å². The van der Waals surface area contributed by atoms with Gasteiger partial charge in [0.1, 0.15) is 0 Å². The molecule has 1 aliphatic heterocycles. The topological polar surface area (TPSA) is 49.8 Å². The summed E-state index contributed by atoms with van der Waals surface area (Å²) >= 11 is 0. The second-order valence-electron chi connectivity index (χ2n) is 4.87. The predicted octanol–water partition coefficient (Wildman–Crippen LogP) is 3.14. The van der Waals surface area contributed by atoms with E-state index in [0.717, 1.165) is 17.7 Å². The summed E-state index contributed by atoms with van der Waals surface area (Å²) in [4.78, 5) is 11.1. The van der Waals surface area contributed by atoms with Crippen molar-refractivity contribution in [3.8, 4) is 0 Å². The first-order valence-electron chi connectivity index (χ1n) is 6.35. The van der Waals surface area contributed by atoms with Crippen LogP contribution in [0.1, 0.15) is 18.9 Å². The number of epoxide rings is 1. The molecule has 3 nitrogen and oxygen atoms in total. The molecule has 1 aromatic carbocycles. The van der Waals surface area contributed by atoms with Crippen molar-refractivity contribution in [2.75, 3.05) is 6.61 Å². The Bertz CT molecular complexity index is 498. The third-order valence-corrected chi connectivity index (χ3v) is 3.34. The fourth-order valence-electron chi connectivity index (χ4n) is 2.13. The Morgan fingerprint density at radius 3 is 2.68 bits per heavy atom. The molecule has 2 atom stereocenters. The number of carbonyl (C=O) groups is 1. The molecule has 0 radical (unpaired) electrons. The lowest BCUT2D eigenvalue weighted by atomic mass is 9.87.